The van der Waals surface area contributed by atoms with Crippen molar-refractivity contribution in [2.75, 3.05) is 0 Å². The van der Waals surface area contributed by atoms with Crippen molar-refractivity contribution in [2.45, 2.75) is 5.41 Å². The van der Waals surface area contributed by atoms with Gasteiger partial charge in [-0.15, -0.1) is 0 Å². The lowest BCUT2D eigenvalue weighted by atomic mass is 9.70. The molecule has 0 fully saturated rings. The van der Waals surface area contributed by atoms with Gasteiger partial charge in [0.15, 0.2) is 11.7 Å². The summed E-state index contributed by atoms with van der Waals surface area (Å²) < 4.78 is 0. The van der Waals surface area contributed by atoms with E-state index in [1.807, 2.05) is 48.5 Å². The maximum atomic E-state index is 9.27. The molecule has 2 aliphatic rings. The van der Waals surface area contributed by atoms with Gasteiger partial charge >= 0.3 is 0 Å². The molecule has 0 radical (unpaired) electrons. The van der Waals surface area contributed by atoms with Crippen LogP contribution in [0.5, 0.6) is 0 Å². The van der Waals surface area contributed by atoms with Crippen LogP contribution >= 0.6 is 0 Å². The van der Waals surface area contributed by atoms with Gasteiger partial charge < -0.3 is 0 Å². The van der Waals surface area contributed by atoms with Gasteiger partial charge in [0.25, 0.3) is 0 Å². The third-order valence-electron chi connectivity index (χ3n) is 10.0. The molecule has 9 rings (SSSR count). The summed E-state index contributed by atoms with van der Waals surface area (Å²) in [6.45, 7) is 3.93. The Balaban J connectivity index is 1.20. The van der Waals surface area contributed by atoms with Gasteiger partial charge in [-0.05, 0) is 97.7 Å². The SMILES string of the molecule is C=N/C(=N\C(=N)c1cc(-c2ccccc2)cc(-c2ccccc2)c1)c1ccc2c(c1)C1(c3ccccc3-c3ccccc31)c1ccccc1-2. The zero-order chi connectivity index (χ0) is 33.0. The smallest absolute Gasteiger partial charge is 0.161 e. The third kappa shape index (κ3) is 4.40. The van der Waals surface area contributed by atoms with E-state index in [9.17, 15) is 5.41 Å². The van der Waals surface area contributed by atoms with Gasteiger partial charge in [0.05, 0.1) is 5.41 Å². The molecule has 0 amide bonds. The van der Waals surface area contributed by atoms with Gasteiger partial charge in [-0.2, -0.15) is 0 Å². The molecule has 0 aliphatic heterocycles. The third-order valence-corrected chi connectivity index (χ3v) is 10.0. The van der Waals surface area contributed by atoms with E-state index in [0.717, 1.165) is 27.8 Å². The molecule has 1 spiro atoms. The maximum absolute atomic E-state index is 9.27. The number of rotatable bonds is 4. The minimum absolute atomic E-state index is 0.132. The first-order valence-electron chi connectivity index (χ1n) is 16.5. The number of nitrogens with zero attached hydrogens (tertiary/aromatic N) is 2. The van der Waals surface area contributed by atoms with Crippen molar-refractivity contribution in [3.63, 3.8) is 0 Å². The highest BCUT2D eigenvalue weighted by molar-refractivity contribution is 6.13. The summed E-state index contributed by atoms with van der Waals surface area (Å²) in [4.78, 5) is 9.28. The average molecular weight is 626 g/mol. The number of amidine groups is 2. The van der Waals surface area contributed by atoms with E-state index < -0.39 is 5.41 Å². The topological polar surface area (TPSA) is 48.6 Å². The molecule has 0 bridgehead atoms. The highest BCUT2D eigenvalue weighted by Crippen LogP contribution is 2.62. The number of nitrogens with one attached hydrogen (secondary N) is 1. The molecule has 0 saturated carbocycles. The lowest BCUT2D eigenvalue weighted by Gasteiger charge is -2.30. The minimum Gasteiger partial charge on any atom is -0.282 e. The molecule has 1 N–H and O–H groups in total. The first kappa shape index (κ1) is 28.7. The molecule has 49 heavy (non-hydrogen) atoms. The summed E-state index contributed by atoms with van der Waals surface area (Å²) in [6.07, 6.45) is 0. The van der Waals surface area contributed by atoms with Gasteiger partial charge in [-0.25, -0.2) is 9.98 Å². The summed E-state index contributed by atoms with van der Waals surface area (Å²) in [5.74, 6) is 0.553. The Morgan fingerprint density at radius 1 is 0.429 bits per heavy atom. The first-order chi connectivity index (χ1) is 24.2. The van der Waals surface area contributed by atoms with Crippen LogP contribution in [0.1, 0.15) is 33.4 Å². The van der Waals surface area contributed by atoms with Crippen LogP contribution in [0.3, 0.4) is 0 Å². The maximum Gasteiger partial charge on any atom is 0.161 e. The van der Waals surface area contributed by atoms with Gasteiger partial charge in [0, 0.05) is 11.1 Å². The summed E-state index contributed by atoms with van der Waals surface area (Å²) in [5.41, 5.74) is 15.3. The van der Waals surface area contributed by atoms with E-state index in [1.54, 1.807) is 0 Å². The van der Waals surface area contributed by atoms with Crippen LogP contribution in [0.4, 0.5) is 0 Å². The van der Waals surface area contributed by atoms with Gasteiger partial charge in [-0.1, -0.05) is 146 Å². The molecule has 7 aromatic rings. The predicted octanol–water partition coefficient (Wildman–Crippen LogP) is 10.8. The fourth-order valence-electron chi connectivity index (χ4n) is 7.95. The molecular weight excluding hydrogens is 595 g/mol. The Bertz CT molecular complexity index is 2350. The van der Waals surface area contributed by atoms with E-state index >= 15 is 0 Å². The van der Waals surface area contributed by atoms with Crippen molar-refractivity contribution in [1.29, 1.82) is 5.41 Å². The second kappa shape index (κ2) is 11.4. The summed E-state index contributed by atoms with van der Waals surface area (Å²) in [6, 6.07) is 59.6. The zero-order valence-corrected chi connectivity index (χ0v) is 26.8. The van der Waals surface area contributed by atoms with Gasteiger partial charge in [0.2, 0.25) is 0 Å². The minimum atomic E-state index is -0.469. The number of aliphatic imine (C=N–C) groups is 2. The molecular formula is C46H31N3. The van der Waals surface area contributed by atoms with Crippen molar-refractivity contribution < 1.29 is 0 Å². The van der Waals surface area contributed by atoms with Crippen LogP contribution in [0.15, 0.2) is 180 Å². The van der Waals surface area contributed by atoms with Crippen molar-refractivity contribution in [3.8, 4) is 44.5 Å². The molecule has 3 heteroatoms. The fourth-order valence-corrected chi connectivity index (χ4v) is 7.95. The zero-order valence-electron chi connectivity index (χ0n) is 26.8. The van der Waals surface area contributed by atoms with Crippen LogP contribution in [0.2, 0.25) is 0 Å². The lowest BCUT2D eigenvalue weighted by molar-refractivity contribution is 0.793. The molecule has 0 unspecified atom stereocenters. The Labute approximate surface area is 286 Å². The molecule has 0 atom stereocenters. The Kier molecular flexibility index (Phi) is 6.66. The van der Waals surface area contributed by atoms with Crippen molar-refractivity contribution in [2.24, 2.45) is 9.98 Å². The van der Waals surface area contributed by atoms with Crippen LogP contribution in [0.25, 0.3) is 44.5 Å². The molecule has 0 saturated heterocycles. The van der Waals surface area contributed by atoms with Crippen molar-refractivity contribution >= 4 is 18.4 Å². The Morgan fingerprint density at radius 2 is 0.878 bits per heavy atom. The molecule has 7 aromatic carbocycles. The second-order valence-corrected chi connectivity index (χ2v) is 12.6. The Hall–Kier alpha value is -6.45. The van der Waals surface area contributed by atoms with Crippen LogP contribution < -0.4 is 0 Å². The van der Waals surface area contributed by atoms with E-state index in [1.165, 1.54) is 44.5 Å². The van der Waals surface area contributed by atoms with E-state index in [-0.39, 0.29) is 5.84 Å². The van der Waals surface area contributed by atoms with E-state index in [4.69, 9.17) is 4.99 Å². The van der Waals surface area contributed by atoms with Crippen molar-refractivity contribution in [1.82, 2.24) is 0 Å². The largest absolute Gasteiger partial charge is 0.282 e. The van der Waals surface area contributed by atoms with Gasteiger partial charge in [-0.3, -0.25) is 5.41 Å². The van der Waals surface area contributed by atoms with Crippen LogP contribution in [-0.2, 0) is 5.41 Å². The standard InChI is InChI=1S/C46H31N3/c1-48-45(49-44(47)35-27-33(30-14-4-2-5-15-30)26-34(28-35)31-16-6-3-7-17-31)32-24-25-39-38-20-10-13-23-42(38)46(43(39)29-32)40-21-11-8-18-36(40)37-19-9-12-22-41(37)46/h2-29,47H,1H2/b47-44?,49-45-. The monoisotopic (exact) mass is 625 g/mol. The number of hydrogen-bond acceptors (Lipinski definition) is 1. The fraction of sp³-hybridized carbons (Fsp3) is 0.0217. The predicted molar refractivity (Wildman–Crippen MR) is 203 cm³/mol. The quantitative estimate of drug-likeness (QED) is 0.149. The van der Waals surface area contributed by atoms with E-state index in [0.29, 0.717) is 11.4 Å². The number of hydrogen-bond donors (Lipinski definition) is 1. The number of benzene rings is 7. The molecule has 230 valence electrons. The highest BCUT2D eigenvalue weighted by atomic mass is 14.9. The number of fused-ring (bicyclic) bond motifs is 10. The van der Waals surface area contributed by atoms with Crippen molar-refractivity contribution in [3.05, 3.63) is 203 Å². The summed E-state index contributed by atoms with van der Waals surface area (Å²) in [7, 11) is 0. The highest BCUT2D eigenvalue weighted by Gasteiger charge is 2.51. The second-order valence-electron chi connectivity index (χ2n) is 12.6. The van der Waals surface area contributed by atoms with E-state index in [2.05, 4.69) is 133 Å². The Morgan fingerprint density at radius 3 is 1.37 bits per heavy atom. The average Bonchev–Trinajstić information content (AvgIpc) is 3.64. The first-order valence-corrected chi connectivity index (χ1v) is 16.5. The lowest BCUT2D eigenvalue weighted by Crippen LogP contribution is -2.26. The summed E-state index contributed by atoms with van der Waals surface area (Å²) >= 11 is 0. The van der Waals surface area contributed by atoms with Crippen LogP contribution in [0, 0.1) is 5.41 Å². The normalized spacial score (nSPS) is 13.3. The molecule has 0 aromatic heterocycles. The summed E-state index contributed by atoms with van der Waals surface area (Å²) in [5, 5.41) is 9.27. The molecule has 0 heterocycles. The molecule has 3 nitrogen and oxygen atoms in total. The molecule has 2 aliphatic carbocycles. The van der Waals surface area contributed by atoms with Crippen LogP contribution in [-0.4, -0.2) is 18.4 Å². The van der Waals surface area contributed by atoms with Gasteiger partial charge in [0.1, 0.15) is 0 Å².